The van der Waals surface area contributed by atoms with Gasteiger partial charge in [0.25, 0.3) is 0 Å². The predicted molar refractivity (Wildman–Crippen MR) is 204 cm³/mol. The zero-order valence-corrected chi connectivity index (χ0v) is 31.2. The SMILES string of the molecule is CCN(CC)CC.Cc1c(-c2ccc(O)cc2)n(Cc2ccc(OCCN3CCCCC3)cc2)c2ccc(OC3O[C@H](C(=O)O)[C@@H](O)[C@H](O)[C@H]3O)cc12. The number of nitrogens with zero attached hydrogens (tertiary/aromatic N) is 3. The van der Waals surface area contributed by atoms with Gasteiger partial charge in [0.2, 0.25) is 6.29 Å². The summed E-state index contributed by atoms with van der Waals surface area (Å²) in [5.74, 6) is -0.211. The van der Waals surface area contributed by atoms with Crippen LogP contribution < -0.4 is 9.47 Å². The number of aliphatic hydroxyl groups is 3. The van der Waals surface area contributed by atoms with Gasteiger partial charge in [-0.2, -0.15) is 0 Å². The van der Waals surface area contributed by atoms with Gasteiger partial charge in [0.1, 0.15) is 42.2 Å². The van der Waals surface area contributed by atoms with E-state index in [1.54, 1.807) is 24.3 Å². The summed E-state index contributed by atoms with van der Waals surface area (Å²) in [4.78, 5) is 16.4. The summed E-state index contributed by atoms with van der Waals surface area (Å²) in [5, 5.41) is 50.9. The maximum Gasteiger partial charge on any atom is 0.335 e. The van der Waals surface area contributed by atoms with E-state index >= 15 is 0 Å². The molecule has 2 saturated heterocycles. The minimum Gasteiger partial charge on any atom is -0.508 e. The van der Waals surface area contributed by atoms with Crippen molar-refractivity contribution in [2.75, 3.05) is 45.9 Å². The fourth-order valence-electron chi connectivity index (χ4n) is 7.03. The van der Waals surface area contributed by atoms with Crippen LogP contribution in [0.3, 0.4) is 0 Å². The molecule has 0 saturated carbocycles. The molecule has 12 heteroatoms. The maximum atomic E-state index is 11.5. The predicted octanol–water partition coefficient (Wildman–Crippen LogP) is 4.85. The molecule has 288 valence electrons. The molecular formula is C41H55N3O9. The summed E-state index contributed by atoms with van der Waals surface area (Å²) in [6, 6.07) is 20.4. The quantitative estimate of drug-likeness (QED) is 0.128. The molecule has 0 radical (unpaired) electrons. The minimum atomic E-state index is -1.81. The van der Waals surface area contributed by atoms with E-state index in [4.69, 9.17) is 14.2 Å². The van der Waals surface area contributed by atoms with Crippen LogP contribution in [0, 0.1) is 6.92 Å². The molecule has 0 bridgehead atoms. The van der Waals surface area contributed by atoms with E-state index in [9.17, 15) is 30.3 Å². The number of hydrogen-bond donors (Lipinski definition) is 5. The van der Waals surface area contributed by atoms with Gasteiger partial charge in [0.05, 0.1) is 5.69 Å². The smallest absolute Gasteiger partial charge is 0.335 e. The Morgan fingerprint density at radius 2 is 1.49 bits per heavy atom. The number of likely N-dealkylation sites (tertiary alicyclic amines) is 1. The molecule has 12 nitrogen and oxygen atoms in total. The molecule has 1 aromatic heterocycles. The zero-order chi connectivity index (χ0) is 38.1. The van der Waals surface area contributed by atoms with E-state index in [1.807, 2.05) is 37.3 Å². The van der Waals surface area contributed by atoms with Crippen LogP contribution >= 0.6 is 0 Å². The third-order valence-corrected chi connectivity index (χ3v) is 10.2. The molecule has 0 amide bonds. The first kappa shape index (κ1) is 40.0. The summed E-state index contributed by atoms with van der Waals surface area (Å²) < 4.78 is 19.4. The topological polar surface area (TPSA) is 157 Å². The van der Waals surface area contributed by atoms with Crippen molar-refractivity contribution in [1.29, 1.82) is 0 Å². The summed E-state index contributed by atoms with van der Waals surface area (Å²) in [6.07, 6.45) is -4.70. The Kier molecular flexibility index (Phi) is 14.1. The number of aromatic nitrogens is 1. The number of phenols is 1. The first-order valence-corrected chi connectivity index (χ1v) is 18.7. The van der Waals surface area contributed by atoms with Crippen LogP contribution in [0.1, 0.15) is 51.2 Å². The molecule has 3 aromatic carbocycles. The first-order chi connectivity index (χ1) is 25.5. The number of aryl methyl sites for hydroxylation is 1. The summed E-state index contributed by atoms with van der Waals surface area (Å²) in [6.45, 7) is 16.5. The fraction of sp³-hybridized carbons (Fsp3) is 0.488. The number of carboxylic acid groups (broad SMARTS) is 1. The molecular weight excluding hydrogens is 678 g/mol. The van der Waals surface area contributed by atoms with E-state index < -0.39 is 36.7 Å². The monoisotopic (exact) mass is 733 g/mol. The molecule has 2 aliphatic heterocycles. The second kappa shape index (κ2) is 18.7. The number of aliphatic hydroxyl groups excluding tert-OH is 3. The van der Waals surface area contributed by atoms with Crippen LogP contribution in [0.15, 0.2) is 66.7 Å². The lowest BCUT2D eigenvalue weighted by atomic mass is 9.99. The number of carbonyl (C=O) groups is 1. The summed E-state index contributed by atoms with van der Waals surface area (Å²) >= 11 is 0. The molecule has 3 heterocycles. The molecule has 2 fully saturated rings. The molecule has 5 N–H and O–H groups in total. The molecule has 0 spiro atoms. The van der Waals surface area contributed by atoms with Gasteiger partial charge in [-0.25, -0.2) is 4.79 Å². The van der Waals surface area contributed by atoms with Crippen LogP contribution in [0.4, 0.5) is 0 Å². The van der Waals surface area contributed by atoms with Crippen LogP contribution in [0.25, 0.3) is 22.2 Å². The highest BCUT2D eigenvalue weighted by Crippen LogP contribution is 2.37. The largest absolute Gasteiger partial charge is 0.508 e. The van der Waals surface area contributed by atoms with Crippen molar-refractivity contribution >= 4 is 16.9 Å². The van der Waals surface area contributed by atoms with Crippen molar-refractivity contribution in [1.82, 2.24) is 14.4 Å². The summed E-state index contributed by atoms with van der Waals surface area (Å²) in [7, 11) is 0. The third kappa shape index (κ3) is 9.88. The van der Waals surface area contributed by atoms with E-state index in [0.717, 1.165) is 58.7 Å². The first-order valence-electron chi connectivity index (χ1n) is 18.7. The minimum absolute atomic E-state index is 0.161. The lowest BCUT2D eigenvalue weighted by Gasteiger charge is -2.38. The number of hydrogen-bond acceptors (Lipinski definition) is 10. The fourth-order valence-corrected chi connectivity index (χ4v) is 7.03. The number of aliphatic carboxylic acids is 1. The molecule has 5 atom stereocenters. The Hall–Kier alpha value is -4.17. The van der Waals surface area contributed by atoms with Gasteiger partial charge in [-0.1, -0.05) is 39.3 Å². The number of carboxylic acids is 1. The zero-order valence-electron chi connectivity index (χ0n) is 31.2. The number of ether oxygens (including phenoxy) is 3. The maximum absolute atomic E-state index is 11.5. The van der Waals surface area contributed by atoms with Gasteiger partial charge in [0.15, 0.2) is 6.10 Å². The van der Waals surface area contributed by atoms with Gasteiger partial charge in [-0.15, -0.1) is 0 Å². The average Bonchev–Trinajstić information content (AvgIpc) is 3.43. The van der Waals surface area contributed by atoms with Gasteiger partial charge in [-0.05, 0) is 124 Å². The Balaban J connectivity index is 0.000000705. The number of aromatic hydroxyl groups is 1. The molecule has 2 aliphatic rings. The van der Waals surface area contributed by atoms with Crippen LogP contribution in [0.2, 0.25) is 0 Å². The lowest BCUT2D eigenvalue weighted by Crippen LogP contribution is -2.61. The highest BCUT2D eigenvalue weighted by atomic mass is 16.7. The number of fused-ring (bicyclic) bond motifs is 1. The second-order valence-electron chi connectivity index (χ2n) is 13.7. The average molecular weight is 734 g/mol. The van der Waals surface area contributed by atoms with Crippen molar-refractivity contribution in [2.24, 2.45) is 0 Å². The van der Waals surface area contributed by atoms with E-state index in [1.165, 1.54) is 38.9 Å². The Labute approximate surface area is 311 Å². The van der Waals surface area contributed by atoms with Gasteiger partial charge in [0, 0.05) is 24.0 Å². The van der Waals surface area contributed by atoms with E-state index in [2.05, 4.69) is 47.3 Å². The summed E-state index contributed by atoms with van der Waals surface area (Å²) in [5.41, 5.74) is 4.74. The third-order valence-electron chi connectivity index (χ3n) is 10.2. The highest BCUT2D eigenvalue weighted by molar-refractivity contribution is 5.92. The van der Waals surface area contributed by atoms with Gasteiger partial charge in [-0.3, -0.25) is 4.90 Å². The second-order valence-corrected chi connectivity index (χ2v) is 13.7. The number of piperidine rings is 1. The Morgan fingerprint density at radius 1 is 0.849 bits per heavy atom. The van der Waals surface area contributed by atoms with Crippen LogP contribution in [-0.4, -0.2) is 122 Å². The highest BCUT2D eigenvalue weighted by Gasteiger charge is 2.48. The van der Waals surface area contributed by atoms with Crippen molar-refractivity contribution in [3.8, 4) is 28.5 Å². The van der Waals surface area contributed by atoms with Crippen molar-refractivity contribution in [3.63, 3.8) is 0 Å². The normalized spacial score (nSPS) is 22.0. The van der Waals surface area contributed by atoms with Gasteiger partial charge < -0.3 is 49.2 Å². The van der Waals surface area contributed by atoms with E-state index in [-0.39, 0.29) is 11.5 Å². The van der Waals surface area contributed by atoms with Crippen LogP contribution in [0.5, 0.6) is 17.2 Å². The molecule has 53 heavy (non-hydrogen) atoms. The van der Waals surface area contributed by atoms with Crippen molar-refractivity contribution in [3.05, 3.63) is 77.9 Å². The molecule has 4 aromatic rings. The number of benzene rings is 3. The van der Waals surface area contributed by atoms with Crippen molar-refractivity contribution in [2.45, 2.75) is 84.2 Å². The lowest BCUT2D eigenvalue weighted by molar-refractivity contribution is -0.271. The van der Waals surface area contributed by atoms with Gasteiger partial charge >= 0.3 is 5.97 Å². The Morgan fingerprint density at radius 3 is 2.09 bits per heavy atom. The van der Waals surface area contributed by atoms with Crippen molar-refractivity contribution < 1.29 is 44.5 Å². The molecule has 6 rings (SSSR count). The van der Waals surface area contributed by atoms with Crippen LogP contribution in [-0.2, 0) is 16.1 Å². The molecule has 0 aliphatic carbocycles. The van der Waals surface area contributed by atoms with E-state index in [0.29, 0.717) is 13.2 Å². The number of phenolic OH excluding ortho intramolecular Hbond substituents is 1. The standard InChI is InChI=1S/C35H40N2O9.C6H15N/c1-21-27-19-26(45-35-32(41)30(39)31(40)33(46-35)34(42)43)13-14-28(27)37(29(21)23-7-9-24(38)10-8-23)20-22-5-11-25(12-6-22)44-18-17-36-15-3-2-4-16-36;1-4-7(5-2)6-3/h5-14,19,30-33,35,38-41H,2-4,15-18,20H2,1H3,(H,42,43);4-6H2,1-3H3/t30-,31-,32+,33-,35?;/m0./s1. The number of rotatable bonds is 13. The Bertz CT molecular complexity index is 1750. The molecule has 1 unspecified atom stereocenters.